The molecule has 146 valence electrons. The molecular weight excluding hydrogens is 355 g/mol. The van der Waals surface area contributed by atoms with Gasteiger partial charge in [-0.3, -0.25) is 9.67 Å². The zero-order chi connectivity index (χ0) is 20.2. The maximum atomic E-state index is 13.8. The Labute approximate surface area is 156 Å². The van der Waals surface area contributed by atoms with Gasteiger partial charge in [0.1, 0.15) is 17.5 Å². The van der Waals surface area contributed by atoms with Crippen LogP contribution in [0.2, 0.25) is 0 Å². The average Bonchev–Trinajstić information content (AvgIpc) is 2.98. The van der Waals surface area contributed by atoms with Crippen LogP contribution in [0.5, 0.6) is 0 Å². The Morgan fingerprint density at radius 1 is 1.33 bits per heavy atom. The number of nitrogens with zero attached hydrogens (tertiary/aromatic N) is 3. The van der Waals surface area contributed by atoms with Gasteiger partial charge in [0, 0.05) is 25.2 Å². The van der Waals surface area contributed by atoms with Crippen molar-refractivity contribution in [3.05, 3.63) is 36.0 Å². The zero-order valence-corrected chi connectivity index (χ0v) is 15.9. The first-order valence-electron chi connectivity index (χ1n) is 8.30. The second kappa shape index (κ2) is 8.15. The van der Waals surface area contributed by atoms with E-state index in [1.807, 2.05) is 0 Å². The van der Waals surface area contributed by atoms with Crippen molar-refractivity contribution >= 4 is 12.1 Å². The molecule has 0 aromatic carbocycles. The van der Waals surface area contributed by atoms with E-state index in [2.05, 4.69) is 15.4 Å². The van der Waals surface area contributed by atoms with Gasteiger partial charge in [-0.1, -0.05) is 0 Å². The normalized spacial score (nSPS) is 12.4. The van der Waals surface area contributed by atoms with Crippen LogP contribution < -0.4 is 5.32 Å². The number of aromatic nitrogens is 3. The van der Waals surface area contributed by atoms with Crippen LogP contribution in [-0.2, 0) is 27.7 Å². The number of rotatable bonds is 5. The molecule has 0 saturated heterocycles. The Balaban J connectivity index is 2.30. The number of hydrogen-bond donors (Lipinski definition) is 1. The number of nitrogens with one attached hydrogen (secondary N) is 1. The molecule has 0 radical (unpaired) electrons. The summed E-state index contributed by atoms with van der Waals surface area (Å²) in [6.07, 6.45) is 3.59. The van der Waals surface area contributed by atoms with E-state index < -0.39 is 29.5 Å². The average molecular weight is 378 g/mol. The summed E-state index contributed by atoms with van der Waals surface area (Å²) in [6, 6.07) is 0.200. The SMILES string of the molecule is COC(=O)[C@H](Cc1cc(F)cnc1-c1cnn(C)c1)NC(=O)OC(C)(C)C. The van der Waals surface area contributed by atoms with Crippen LogP contribution in [0, 0.1) is 5.82 Å². The molecule has 0 aliphatic rings. The summed E-state index contributed by atoms with van der Waals surface area (Å²) in [7, 11) is 2.95. The maximum Gasteiger partial charge on any atom is 0.408 e. The summed E-state index contributed by atoms with van der Waals surface area (Å²) in [6.45, 7) is 5.12. The Morgan fingerprint density at radius 3 is 2.59 bits per heavy atom. The summed E-state index contributed by atoms with van der Waals surface area (Å²) in [5, 5.41) is 6.55. The lowest BCUT2D eigenvalue weighted by Gasteiger charge is -2.23. The molecule has 27 heavy (non-hydrogen) atoms. The standard InChI is InChI=1S/C18H23FN4O4/c1-18(2,3)27-17(25)22-14(16(24)26-5)7-11-6-13(19)9-20-15(11)12-8-21-23(4)10-12/h6,8-10,14H,7H2,1-5H3,(H,22,25)/t14-/m0/s1. The van der Waals surface area contributed by atoms with Crippen LogP contribution in [0.4, 0.5) is 9.18 Å². The van der Waals surface area contributed by atoms with Gasteiger partial charge in [0.2, 0.25) is 0 Å². The van der Waals surface area contributed by atoms with Crippen molar-refractivity contribution < 1.29 is 23.5 Å². The quantitative estimate of drug-likeness (QED) is 0.802. The molecule has 0 fully saturated rings. The number of alkyl carbamates (subject to hydrolysis) is 1. The van der Waals surface area contributed by atoms with E-state index in [0.717, 1.165) is 6.20 Å². The van der Waals surface area contributed by atoms with E-state index in [1.54, 1.807) is 44.9 Å². The Hall–Kier alpha value is -2.97. The van der Waals surface area contributed by atoms with Crippen LogP contribution in [0.25, 0.3) is 11.3 Å². The molecule has 0 spiro atoms. The lowest BCUT2D eigenvalue weighted by atomic mass is 10.0. The lowest BCUT2D eigenvalue weighted by molar-refractivity contribution is -0.143. The van der Waals surface area contributed by atoms with Crippen molar-refractivity contribution in [2.75, 3.05) is 7.11 Å². The van der Waals surface area contributed by atoms with E-state index in [1.165, 1.54) is 13.2 Å². The summed E-state index contributed by atoms with van der Waals surface area (Å²) < 4.78 is 25.3. The van der Waals surface area contributed by atoms with Crippen LogP contribution in [-0.4, -0.2) is 45.6 Å². The number of amides is 1. The second-order valence-corrected chi connectivity index (χ2v) is 6.99. The monoisotopic (exact) mass is 378 g/mol. The van der Waals surface area contributed by atoms with Gasteiger partial charge in [0.25, 0.3) is 0 Å². The first-order valence-corrected chi connectivity index (χ1v) is 8.30. The fourth-order valence-corrected chi connectivity index (χ4v) is 2.45. The van der Waals surface area contributed by atoms with Crippen molar-refractivity contribution in [3.63, 3.8) is 0 Å². The topological polar surface area (TPSA) is 95.3 Å². The highest BCUT2D eigenvalue weighted by Crippen LogP contribution is 2.23. The highest BCUT2D eigenvalue weighted by atomic mass is 19.1. The fraction of sp³-hybridized carbons (Fsp3) is 0.444. The molecule has 1 N–H and O–H groups in total. The van der Waals surface area contributed by atoms with Crippen molar-refractivity contribution in [1.82, 2.24) is 20.1 Å². The first-order chi connectivity index (χ1) is 12.6. The number of methoxy groups -OCH3 is 1. The Morgan fingerprint density at radius 2 is 2.04 bits per heavy atom. The molecule has 0 bridgehead atoms. The van der Waals surface area contributed by atoms with E-state index in [0.29, 0.717) is 16.8 Å². The van der Waals surface area contributed by atoms with Crippen molar-refractivity contribution in [3.8, 4) is 11.3 Å². The number of hydrogen-bond acceptors (Lipinski definition) is 6. The van der Waals surface area contributed by atoms with Crippen LogP contribution in [0.15, 0.2) is 24.7 Å². The maximum absolute atomic E-state index is 13.8. The fourth-order valence-electron chi connectivity index (χ4n) is 2.45. The van der Waals surface area contributed by atoms with Crippen molar-refractivity contribution in [2.24, 2.45) is 7.05 Å². The molecular formula is C18H23FN4O4. The molecule has 2 heterocycles. The molecule has 2 rings (SSSR count). The summed E-state index contributed by atoms with van der Waals surface area (Å²) in [5.74, 6) is -1.24. The van der Waals surface area contributed by atoms with Gasteiger partial charge >= 0.3 is 12.1 Å². The molecule has 0 aliphatic carbocycles. The van der Waals surface area contributed by atoms with Gasteiger partial charge in [-0.15, -0.1) is 0 Å². The Kier molecular flexibility index (Phi) is 6.14. The van der Waals surface area contributed by atoms with Gasteiger partial charge in [0.15, 0.2) is 0 Å². The van der Waals surface area contributed by atoms with Gasteiger partial charge in [-0.25, -0.2) is 14.0 Å². The molecule has 1 amide bonds. The Bertz CT molecular complexity index is 829. The number of carbonyl (C=O) groups is 2. The van der Waals surface area contributed by atoms with Gasteiger partial charge < -0.3 is 14.8 Å². The van der Waals surface area contributed by atoms with E-state index >= 15 is 0 Å². The number of aryl methyl sites for hydroxylation is 1. The molecule has 0 aliphatic heterocycles. The smallest absolute Gasteiger partial charge is 0.408 e. The minimum atomic E-state index is -1.07. The minimum Gasteiger partial charge on any atom is -0.467 e. The molecule has 9 heteroatoms. The number of pyridine rings is 1. The summed E-state index contributed by atoms with van der Waals surface area (Å²) >= 11 is 0. The second-order valence-electron chi connectivity index (χ2n) is 6.99. The first kappa shape index (κ1) is 20.3. The van der Waals surface area contributed by atoms with Crippen molar-refractivity contribution in [1.29, 1.82) is 0 Å². The van der Waals surface area contributed by atoms with E-state index in [-0.39, 0.29) is 6.42 Å². The van der Waals surface area contributed by atoms with Crippen molar-refractivity contribution in [2.45, 2.75) is 38.8 Å². The molecule has 2 aromatic rings. The van der Waals surface area contributed by atoms with E-state index in [9.17, 15) is 14.0 Å². The third kappa shape index (κ3) is 5.77. The number of ether oxygens (including phenoxy) is 2. The summed E-state index contributed by atoms with van der Waals surface area (Å²) in [5.41, 5.74) is 0.818. The highest BCUT2D eigenvalue weighted by molar-refractivity contribution is 5.82. The molecule has 0 unspecified atom stereocenters. The molecule has 1 atom stereocenters. The lowest BCUT2D eigenvalue weighted by Crippen LogP contribution is -2.45. The van der Waals surface area contributed by atoms with E-state index in [4.69, 9.17) is 9.47 Å². The number of esters is 1. The molecule has 0 saturated carbocycles. The number of halogens is 1. The van der Waals surface area contributed by atoms with Crippen LogP contribution in [0.1, 0.15) is 26.3 Å². The summed E-state index contributed by atoms with van der Waals surface area (Å²) in [4.78, 5) is 28.3. The predicted molar refractivity (Wildman–Crippen MR) is 95.3 cm³/mol. The zero-order valence-electron chi connectivity index (χ0n) is 15.9. The third-order valence-corrected chi connectivity index (χ3v) is 3.51. The molecule has 2 aromatic heterocycles. The molecule has 8 nitrogen and oxygen atoms in total. The highest BCUT2D eigenvalue weighted by Gasteiger charge is 2.27. The van der Waals surface area contributed by atoms with Crippen LogP contribution >= 0.6 is 0 Å². The van der Waals surface area contributed by atoms with Crippen LogP contribution in [0.3, 0.4) is 0 Å². The third-order valence-electron chi connectivity index (χ3n) is 3.51. The number of carbonyl (C=O) groups excluding carboxylic acids is 2. The minimum absolute atomic E-state index is 0.0269. The predicted octanol–water partition coefficient (Wildman–Crippen LogP) is 2.23. The van der Waals surface area contributed by atoms with Gasteiger partial charge in [-0.05, 0) is 32.4 Å². The van der Waals surface area contributed by atoms with Gasteiger partial charge in [0.05, 0.1) is 25.2 Å². The van der Waals surface area contributed by atoms with Gasteiger partial charge in [-0.2, -0.15) is 5.10 Å². The largest absolute Gasteiger partial charge is 0.467 e.